The van der Waals surface area contributed by atoms with Crippen LogP contribution in [0, 0.1) is 5.82 Å². The second kappa shape index (κ2) is 8.91. The molecule has 1 amide bonds. The fraction of sp³-hybridized carbons (Fsp3) is 0.211. The van der Waals surface area contributed by atoms with Crippen LogP contribution in [0.5, 0.6) is 11.5 Å². The molecule has 1 aromatic rings. The summed E-state index contributed by atoms with van der Waals surface area (Å²) in [6.45, 7) is 0. The average Bonchev–Trinajstić information content (AvgIpc) is 2.94. The Bertz CT molecular complexity index is 950. The lowest BCUT2D eigenvalue weighted by atomic mass is 10.1. The number of ether oxygens (including phenoxy) is 4. The lowest BCUT2D eigenvalue weighted by Gasteiger charge is -2.26. The van der Waals surface area contributed by atoms with Crippen molar-refractivity contribution in [1.29, 1.82) is 0 Å². The van der Waals surface area contributed by atoms with Crippen molar-refractivity contribution in [3.8, 4) is 11.5 Å². The topological polar surface area (TPSA) is 117 Å². The van der Waals surface area contributed by atoms with E-state index in [0.717, 1.165) is 19.1 Å². The average molecular weight is 406 g/mol. The number of anilines is 1. The zero-order valence-corrected chi connectivity index (χ0v) is 16.1. The molecule has 29 heavy (non-hydrogen) atoms. The lowest BCUT2D eigenvalue weighted by molar-refractivity contribution is -0.139. The molecule has 0 saturated carbocycles. The number of primary amides is 1. The number of hydrogen-bond donors (Lipinski definition) is 1. The maximum Gasteiger partial charge on any atom is 0.355 e. The quantitative estimate of drug-likeness (QED) is 0.705. The summed E-state index contributed by atoms with van der Waals surface area (Å²) in [4.78, 5) is 37.8. The molecule has 0 fully saturated rings. The number of carbonyl (C=O) groups is 3. The van der Waals surface area contributed by atoms with Gasteiger partial charge in [-0.2, -0.15) is 0 Å². The summed E-state index contributed by atoms with van der Waals surface area (Å²) in [7, 11) is 4.66. The van der Waals surface area contributed by atoms with Crippen LogP contribution in [0.4, 0.5) is 10.1 Å². The van der Waals surface area contributed by atoms with E-state index in [1.54, 1.807) is 0 Å². The molecule has 2 N–H and O–H groups in total. The summed E-state index contributed by atoms with van der Waals surface area (Å²) in [6.07, 6.45) is 5.39. The minimum absolute atomic E-state index is 0.0868. The van der Waals surface area contributed by atoms with Crippen LogP contribution in [0.3, 0.4) is 0 Å². The summed E-state index contributed by atoms with van der Waals surface area (Å²) < 4.78 is 35.0. The molecule has 154 valence electrons. The van der Waals surface area contributed by atoms with Crippen molar-refractivity contribution in [3.63, 3.8) is 0 Å². The first-order chi connectivity index (χ1) is 13.8. The van der Waals surface area contributed by atoms with Gasteiger partial charge in [0.05, 0.1) is 45.3 Å². The van der Waals surface area contributed by atoms with Gasteiger partial charge in [0, 0.05) is 6.20 Å². The van der Waals surface area contributed by atoms with Crippen molar-refractivity contribution in [3.05, 3.63) is 53.1 Å². The third kappa shape index (κ3) is 3.91. The van der Waals surface area contributed by atoms with Crippen LogP contribution in [-0.2, 0) is 19.1 Å². The highest BCUT2D eigenvalue weighted by atomic mass is 19.1. The van der Waals surface area contributed by atoms with Gasteiger partial charge in [0.1, 0.15) is 5.70 Å². The summed E-state index contributed by atoms with van der Waals surface area (Å²) in [5, 5.41) is 0. The molecule has 1 aromatic carbocycles. The third-order valence-electron chi connectivity index (χ3n) is 3.98. The molecule has 0 saturated heterocycles. The molecule has 1 heterocycles. The van der Waals surface area contributed by atoms with Crippen molar-refractivity contribution in [2.45, 2.75) is 0 Å². The molecule has 10 heteroatoms. The van der Waals surface area contributed by atoms with E-state index in [1.165, 1.54) is 44.7 Å². The number of carbonyl (C=O) groups excluding carboxylic acids is 3. The van der Waals surface area contributed by atoms with Gasteiger partial charge in [-0.3, -0.25) is 4.79 Å². The van der Waals surface area contributed by atoms with Crippen molar-refractivity contribution in [2.75, 3.05) is 33.3 Å². The number of allylic oxidation sites excluding steroid dienone is 2. The van der Waals surface area contributed by atoms with Crippen LogP contribution in [0.25, 0.3) is 0 Å². The Morgan fingerprint density at radius 2 is 1.66 bits per heavy atom. The van der Waals surface area contributed by atoms with Gasteiger partial charge in [-0.05, 0) is 18.2 Å². The van der Waals surface area contributed by atoms with E-state index in [2.05, 4.69) is 0 Å². The highest BCUT2D eigenvalue weighted by molar-refractivity contribution is 6.08. The van der Waals surface area contributed by atoms with E-state index >= 15 is 4.39 Å². The fourth-order valence-electron chi connectivity index (χ4n) is 2.70. The number of nitrogens with two attached hydrogens (primary N) is 1. The molecule has 2 rings (SSSR count). The van der Waals surface area contributed by atoms with Crippen LogP contribution in [0.2, 0.25) is 0 Å². The molecule has 0 atom stereocenters. The molecule has 1 aliphatic heterocycles. The molecular weight excluding hydrogens is 387 g/mol. The second-order valence-electron chi connectivity index (χ2n) is 5.50. The third-order valence-corrected chi connectivity index (χ3v) is 3.98. The number of rotatable bonds is 6. The van der Waals surface area contributed by atoms with Crippen molar-refractivity contribution >= 4 is 23.5 Å². The molecule has 0 spiro atoms. The van der Waals surface area contributed by atoms with Crippen LogP contribution < -0.4 is 20.1 Å². The predicted octanol–water partition coefficient (Wildman–Crippen LogP) is 1.43. The Kier molecular flexibility index (Phi) is 6.60. The predicted molar refractivity (Wildman–Crippen MR) is 99.8 cm³/mol. The fourth-order valence-corrected chi connectivity index (χ4v) is 2.70. The number of hydrogen-bond acceptors (Lipinski definition) is 8. The number of benzene rings is 1. The smallest absolute Gasteiger partial charge is 0.355 e. The second-order valence-corrected chi connectivity index (χ2v) is 5.50. The Hall–Kier alpha value is -3.82. The standard InChI is InChI=1S/C19H19FN2O7/c1-26-12-9-11(17(21)23)14(13(20)16(12)27-2)22-8-6-5-7-10(18(24)28-3)15(22)19(25)29-4/h5-9H,1-4H3,(H2,21,23). The molecule has 0 aliphatic carbocycles. The summed E-state index contributed by atoms with van der Waals surface area (Å²) >= 11 is 0. The van der Waals surface area contributed by atoms with Gasteiger partial charge >= 0.3 is 11.9 Å². The number of esters is 2. The van der Waals surface area contributed by atoms with Gasteiger partial charge < -0.3 is 29.6 Å². The van der Waals surface area contributed by atoms with Crippen molar-refractivity contribution in [1.82, 2.24) is 0 Å². The van der Waals surface area contributed by atoms with E-state index in [1.807, 2.05) is 0 Å². The van der Waals surface area contributed by atoms with E-state index in [9.17, 15) is 14.4 Å². The number of methoxy groups -OCH3 is 4. The molecule has 0 aromatic heterocycles. The van der Waals surface area contributed by atoms with Gasteiger partial charge in [-0.15, -0.1) is 0 Å². The Balaban J connectivity index is 2.94. The number of amides is 1. The zero-order valence-electron chi connectivity index (χ0n) is 16.1. The Labute approximate surface area is 165 Å². The monoisotopic (exact) mass is 406 g/mol. The minimum Gasteiger partial charge on any atom is -0.493 e. The first-order valence-corrected chi connectivity index (χ1v) is 8.11. The van der Waals surface area contributed by atoms with Gasteiger partial charge in [0.2, 0.25) is 0 Å². The first-order valence-electron chi connectivity index (χ1n) is 8.11. The van der Waals surface area contributed by atoms with Gasteiger partial charge in [-0.1, -0.05) is 6.08 Å². The number of nitrogens with zero attached hydrogens (tertiary/aromatic N) is 1. The van der Waals surface area contributed by atoms with Crippen LogP contribution in [0.1, 0.15) is 10.4 Å². The molecule has 0 unspecified atom stereocenters. The van der Waals surface area contributed by atoms with Gasteiger partial charge in [0.25, 0.3) is 5.91 Å². The van der Waals surface area contributed by atoms with Crippen molar-refractivity contribution < 1.29 is 37.7 Å². The van der Waals surface area contributed by atoms with E-state index in [4.69, 9.17) is 24.7 Å². The van der Waals surface area contributed by atoms with E-state index < -0.39 is 35.0 Å². The maximum absolute atomic E-state index is 15.4. The molecular formula is C19H19FN2O7. The van der Waals surface area contributed by atoms with E-state index in [-0.39, 0.29) is 22.6 Å². The molecule has 9 nitrogen and oxygen atoms in total. The normalized spacial score (nSPS) is 13.1. The Morgan fingerprint density at radius 3 is 2.17 bits per heavy atom. The summed E-state index contributed by atoms with van der Waals surface area (Å²) in [5.41, 5.74) is 4.05. The number of halogens is 1. The van der Waals surface area contributed by atoms with Gasteiger partial charge in [-0.25, -0.2) is 14.0 Å². The SMILES string of the molecule is COC(=O)C1=C(C(=O)OC)N(c2c(C(N)=O)cc(OC)c(OC)c2F)C=CC=C1. The minimum atomic E-state index is -1.04. The van der Waals surface area contributed by atoms with Crippen LogP contribution in [0.15, 0.2) is 41.8 Å². The van der Waals surface area contributed by atoms with E-state index in [0.29, 0.717) is 0 Å². The van der Waals surface area contributed by atoms with Crippen LogP contribution in [-0.4, -0.2) is 46.3 Å². The highest BCUT2D eigenvalue weighted by Crippen LogP contribution is 2.41. The molecule has 1 aliphatic rings. The highest BCUT2D eigenvalue weighted by Gasteiger charge is 2.33. The summed E-state index contributed by atoms with van der Waals surface area (Å²) in [5.74, 6) is -4.33. The molecule has 0 radical (unpaired) electrons. The molecule has 0 bridgehead atoms. The lowest BCUT2D eigenvalue weighted by Crippen LogP contribution is -2.30. The van der Waals surface area contributed by atoms with Crippen LogP contribution >= 0.6 is 0 Å². The largest absolute Gasteiger partial charge is 0.493 e. The first kappa shape index (κ1) is 21.5. The Morgan fingerprint density at radius 1 is 1.00 bits per heavy atom. The zero-order chi connectivity index (χ0) is 21.7. The van der Waals surface area contributed by atoms with Gasteiger partial charge in [0.15, 0.2) is 17.3 Å². The maximum atomic E-state index is 15.4. The van der Waals surface area contributed by atoms with Crippen molar-refractivity contribution in [2.24, 2.45) is 5.73 Å². The summed E-state index contributed by atoms with van der Waals surface area (Å²) in [6, 6.07) is 1.17.